The summed E-state index contributed by atoms with van der Waals surface area (Å²) in [7, 11) is 0. The van der Waals surface area contributed by atoms with Crippen LogP contribution in [0.15, 0.2) is 43.1 Å². The molecule has 0 radical (unpaired) electrons. The Labute approximate surface area is 96.5 Å². The minimum atomic E-state index is 0.695. The molecule has 2 aromatic heterocycles. The van der Waals surface area contributed by atoms with Crippen LogP contribution in [0.2, 0.25) is 5.02 Å². The molecule has 0 aliphatic heterocycles. The largest absolute Gasteiger partial charge is 0.243 e. The summed E-state index contributed by atoms with van der Waals surface area (Å²) in [4.78, 5) is 7.93. The Morgan fingerprint density at radius 3 is 2.69 bits per heavy atom. The lowest BCUT2D eigenvalue weighted by Gasteiger charge is -2.01. The number of hydrogen-bond donors (Lipinski definition) is 0. The van der Waals surface area contributed by atoms with Crippen molar-refractivity contribution in [3.8, 4) is 5.69 Å². The molecule has 0 aliphatic rings. The Bertz CT molecular complexity index is 633. The van der Waals surface area contributed by atoms with E-state index in [1.165, 1.54) is 6.33 Å². The highest BCUT2D eigenvalue weighted by Gasteiger charge is 2.06. The summed E-state index contributed by atoms with van der Waals surface area (Å²) in [5.41, 5.74) is 1.77. The first kappa shape index (κ1) is 9.30. The second kappa shape index (κ2) is 3.57. The zero-order chi connectivity index (χ0) is 11.0. The molecular weight excluding hydrogens is 224 g/mol. The molecular formula is C11H7ClN4. The maximum absolute atomic E-state index is 6.07. The normalized spacial score (nSPS) is 10.8. The van der Waals surface area contributed by atoms with Crippen molar-refractivity contribution in [1.29, 1.82) is 0 Å². The summed E-state index contributed by atoms with van der Waals surface area (Å²) < 4.78 is 1.77. The fourth-order valence-corrected chi connectivity index (χ4v) is 1.84. The van der Waals surface area contributed by atoms with Gasteiger partial charge in [0.25, 0.3) is 0 Å². The highest BCUT2D eigenvalue weighted by atomic mass is 35.5. The molecule has 1 aromatic carbocycles. The van der Waals surface area contributed by atoms with Crippen LogP contribution in [0.3, 0.4) is 0 Å². The van der Waals surface area contributed by atoms with E-state index in [1.807, 2.05) is 18.2 Å². The van der Waals surface area contributed by atoms with E-state index >= 15 is 0 Å². The van der Waals surface area contributed by atoms with Crippen LogP contribution in [0.5, 0.6) is 0 Å². The van der Waals surface area contributed by atoms with Crippen molar-refractivity contribution < 1.29 is 0 Å². The lowest BCUT2D eigenvalue weighted by Crippen LogP contribution is -1.96. The summed E-state index contributed by atoms with van der Waals surface area (Å²) in [5, 5.41) is 5.90. The number of benzene rings is 1. The van der Waals surface area contributed by atoms with E-state index < -0.39 is 0 Å². The SMILES string of the molecule is Clc1cccc2c1cnn2-c1cncnc1. The first-order valence-corrected chi connectivity index (χ1v) is 5.12. The molecule has 5 heteroatoms. The standard InChI is InChI=1S/C11H7ClN4/c12-10-2-1-3-11-9(10)6-15-16(11)8-4-13-7-14-5-8/h1-7H. The van der Waals surface area contributed by atoms with E-state index in [2.05, 4.69) is 15.1 Å². The predicted molar refractivity (Wildman–Crippen MR) is 61.7 cm³/mol. The molecule has 16 heavy (non-hydrogen) atoms. The van der Waals surface area contributed by atoms with Gasteiger partial charge in [0.05, 0.1) is 29.1 Å². The summed E-state index contributed by atoms with van der Waals surface area (Å²) in [6, 6.07) is 5.70. The zero-order valence-corrected chi connectivity index (χ0v) is 8.96. The van der Waals surface area contributed by atoms with E-state index in [0.717, 1.165) is 16.6 Å². The van der Waals surface area contributed by atoms with Gasteiger partial charge in [-0.2, -0.15) is 5.10 Å². The van der Waals surface area contributed by atoms with Crippen molar-refractivity contribution in [2.75, 3.05) is 0 Å². The molecule has 3 aromatic rings. The molecule has 0 spiro atoms. The third-order valence-electron chi connectivity index (χ3n) is 2.35. The van der Waals surface area contributed by atoms with Gasteiger partial charge >= 0.3 is 0 Å². The van der Waals surface area contributed by atoms with Crippen LogP contribution in [0.25, 0.3) is 16.6 Å². The van der Waals surface area contributed by atoms with Gasteiger partial charge in [0.2, 0.25) is 0 Å². The van der Waals surface area contributed by atoms with Crippen LogP contribution in [-0.4, -0.2) is 19.7 Å². The van der Waals surface area contributed by atoms with Gasteiger partial charge in [0, 0.05) is 5.39 Å². The molecule has 0 amide bonds. The van der Waals surface area contributed by atoms with Gasteiger partial charge in [-0.05, 0) is 12.1 Å². The first-order valence-electron chi connectivity index (χ1n) is 4.74. The minimum absolute atomic E-state index is 0.695. The number of nitrogens with zero attached hydrogens (tertiary/aromatic N) is 4. The zero-order valence-electron chi connectivity index (χ0n) is 8.21. The number of fused-ring (bicyclic) bond motifs is 1. The third-order valence-corrected chi connectivity index (χ3v) is 2.68. The topological polar surface area (TPSA) is 43.6 Å². The van der Waals surface area contributed by atoms with E-state index in [-0.39, 0.29) is 0 Å². The second-order valence-corrected chi connectivity index (χ2v) is 3.73. The van der Waals surface area contributed by atoms with Gasteiger partial charge in [-0.25, -0.2) is 14.6 Å². The average Bonchev–Trinajstić information content (AvgIpc) is 2.75. The predicted octanol–water partition coefficient (Wildman–Crippen LogP) is 2.47. The molecule has 0 saturated heterocycles. The van der Waals surface area contributed by atoms with Crippen molar-refractivity contribution >= 4 is 22.5 Å². The summed E-state index contributed by atoms with van der Waals surface area (Å²) in [5.74, 6) is 0. The van der Waals surface area contributed by atoms with Crippen LogP contribution in [0, 0.1) is 0 Å². The molecule has 3 rings (SSSR count). The molecule has 4 nitrogen and oxygen atoms in total. The van der Waals surface area contributed by atoms with Crippen molar-refractivity contribution in [3.63, 3.8) is 0 Å². The van der Waals surface area contributed by atoms with Crippen molar-refractivity contribution in [1.82, 2.24) is 19.7 Å². The fraction of sp³-hybridized carbons (Fsp3) is 0. The van der Waals surface area contributed by atoms with Gasteiger partial charge in [-0.15, -0.1) is 0 Å². The van der Waals surface area contributed by atoms with Crippen LogP contribution in [-0.2, 0) is 0 Å². The molecule has 0 fully saturated rings. The number of halogens is 1. The maximum atomic E-state index is 6.07. The van der Waals surface area contributed by atoms with Crippen LogP contribution in [0.1, 0.15) is 0 Å². The van der Waals surface area contributed by atoms with Crippen molar-refractivity contribution in [2.45, 2.75) is 0 Å². The Balaban J connectivity index is 2.30. The van der Waals surface area contributed by atoms with Crippen molar-refractivity contribution in [2.24, 2.45) is 0 Å². The molecule has 0 unspecified atom stereocenters. The van der Waals surface area contributed by atoms with Crippen molar-refractivity contribution in [3.05, 3.63) is 48.1 Å². The smallest absolute Gasteiger partial charge is 0.115 e. The second-order valence-electron chi connectivity index (χ2n) is 3.33. The molecule has 0 N–H and O–H groups in total. The Kier molecular flexibility index (Phi) is 2.08. The molecule has 0 saturated carbocycles. The van der Waals surface area contributed by atoms with Gasteiger partial charge in [-0.1, -0.05) is 17.7 Å². The van der Waals surface area contributed by atoms with Crippen LogP contribution in [0.4, 0.5) is 0 Å². The highest BCUT2D eigenvalue weighted by molar-refractivity contribution is 6.35. The molecule has 2 heterocycles. The minimum Gasteiger partial charge on any atom is -0.243 e. The Hall–Kier alpha value is -1.94. The third kappa shape index (κ3) is 1.35. The lowest BCUT2D eigenvalue weighted by molar-refractivity contribution is 0.891. The Morgan fingerprint density at radius 1 is 1.06 bits per heavy atom. The molecule has 78 valence electrons. The van der Waals surface area contributed by atoms with Crippen LogP contribution >= 0.6 is 11.6 Å². The van der Waals surface area contributed by atoms with E-state index in [1.54, 1.807) is 23.3 Å². The number of aromatic nitrogens is 4. The van der Waals surface area contributed by atoms with Gasteiger partial charge in [-0.3, -0.25) is 0 Å². The van der Waals surface area contributed by atoms with Gasteiger partial charge in [0.15, 0.2) is 0 Å². The summed E-state index contributed by atoms with van der Waals surface area (Å²) >= 11 is 6.07. The monoisotopic (exact) mass is 230 g/mol. The maximum Gasteiger partial charge on any atom is 0.115 e. The molecule has 0 aliphatic carbocycles. The number of hydrogen-bond acceptors (Lipinski definition) is 3. The van der Waals surface area contributed by atoms with Gasteiger partial charge < -0.3 is 0 Å². The van der Waals surface area contributed by atoms with Crippen LogP contribution < -0.4 is 0 Å². The summed E-state index contributed by atoms with van der Waals surface area (Å²) in [6.07, 6.45) is 6.65. The lowest BCUT2D eigenvalue weighted by atomic mass is 10.2. The Morgan fingerprint density at radius 2 is 1.88 bits per heavy atom. The molecule has 0 bridgehead atoms. The fourth-order valence-electron chi connectivity index (χ4n) is 1.62. The quantitative estimate of drug-likeness (QED) is 0.645. The first-order chi connectivity index (χ1) is 7.86. The number of rotatable bonds is 1. The van der Waals surface area contributed by atoms with E-state index in [4.69, 9.17) is 11.6 Å². The van der Waals surface area contributed by atoms with E-state index in [9.17, 15) is 0 Å². The highest BCUT2D eigenvalue weighted by Crippen LogP contribution is 2.24. The average molecular weight is 231 g/mol. The van der Waals surface area contributed by atoms with Gasteiger partial charge in [0.1, 0.15) is 12.0 Å². The van der Waals surface area contributed by atoms with E-state index in [0.29, 0.717) is 5.02 Å². The summed E-state index contributed by atoms with van der Waals surface area (Å²) in [6.45, 7) is 0. The molecule has 0 atom stereocenters.